The van der Waals surface area contributed by atoms with E-state index in [4.69, 9.17) is 9.47 Å². The maximum Gasteiger partial charge on any atom is 0.372 e. The summed E-state index contributed by atoms with van der Waals surface area (Å²) in [5, 5.41) is 1.36. The van der Waals surface area contributed by atoms with Crippen LogP contribution in [0, 0.1) is 11.8 Å². The van der Waals surface area contributed by atoms with E-state index >= 15 is 0 Å². The van der Waals surface area contributed by atoms with Crippen LogP contribution in [0.3, 0.4) is 0 Å². The van der Waals surface area contributed by atoms with Gasteiger partial charge in [-0.25, -0.2) is 4.79 Å². The molecular formula is C21H24N2O3. The molecule has 0 spiro atoms. The fourth-order valence-electron chi connectivity index (χ4n) is 5.12. The molecule has 1 aromatic heterocycles. The number of methoxy groups -OCH3 is 1. The minimum atomic E-state index is -0.368. The van der Waals surface area contributed by atoms with Crippen molar-refractivity contribution in [2.75, 3.05) is 20.2 Å². The summed E-state index contributed by atoms with van der Waals surface area (Å²) < 4.78 is 10.7. The number of carbonyl (C=O) groups excluding carboxylic acids is 1. The third-order valence-corrected chi connectivity index (χ3v) is 6.43. The van der Waals surface area contributed by atoms with E-state index in [0.717, 1.165) is 25.9 Å². The molecule has 0 amide bonds. The first-order valence-corrected chi connectivity index (χ1v) is 9.46. The Kier molecular flexibility index (Phi) is 3.60. The van der Waals surface area contributed by atoms with Crippen molar-refractivity contribution in [1.29, 1.82) is 0 Å². The number of nitrogens with zero attached hydrogens (tertiary/aromatic N) is 1. The van der Waals surface area contributed by atoms with Crippen molar-refractivity contribution in [3.05, 3.63) is 47.4 Å². The van der Waals surface area contributed by atoms with E-state index in [9.17, 15) is 4.79 Å². The summed E-state index contributed by atoms with van der Waals surface area (Å²) in [6.45, 7) is 4.17. The van der Waals surface area contributed by atoms with Crippen LogP contribution in [0.2, 0.25) is 0 Å². The standard InChI is InChI=1S/C21H24N2O3/c1-12-16-11-23-8-7-15-14-5-3-4-6-17(14)22-20(15)18(23)9-13(16)10-19(26-12)21(24)25-2/h3-6,10,12-13,16,18,22H,7-9,11H2,1-2H3. The van der Waals surface area contributed by atoms with Gasteiger partial charge in [0.15, 0.2) is 0 Å². The number of carbonyl (C=O) groups is 1. The number of esters is 1. The SMILES string of the molecule is COC(=O)C1=CC2CC3c4[nH]c5ccccc5c4CCN3CC2C(C)O1. The Morgan fingerprint density at radius 1 is 1.35 bits per heavy atom. The number of nitrogens with one attached hydrogen (secondary N) is 1. The van der Waals surface area contributed by atoms with Crippen molar-refractivity contribution in [1.82, 2.24) is 9.88 Å². The van der Waals surface area contributed by atoms with E-state index < -0.39 is 0 Å². The van der Waals surface area contributed by atoms with Gasteiger partial charge in [0.2, 0.25) is 5.76 Å². The van der Waals surface area contributed by atoms with Crippen molar-refractivity contribution >= 4 is 16.9 Å². The number of H-pyrrole nitrogens is 1. The molecule has 1 aromatic carbocycles. The maximum atomic E-state index is 12.0. The fourth-order valence-corrected chi connectivity index (χ4v) is 5.12. The number of fused-ring (bicyclic) bond motifs is 6. The van der Waals surface area contributed by atoms with Crippen molar-refractivity contribution in [2.45, 2.75) is 31.9 Å². The van der Waals surface area contributed by atoms with Crippen molar-refractivity contribution in [3.63, 3.8) is 0 Å². The van der Waals surface area contributed by atoms with Crippen LogP contribution in [0.25, 0.3) is 10.9 Å². The summed E-state index contributed by atoms with van der Waals surface area (Å²) in [5.74, 6) is 0.770. The summed E-state index contributed by atoms with van der Waals surface area (Å²) in [7, 11) is 1.41. The average molecular weight is 352 g/mol. The van der Waals surface area contributed by atoms with Crippen LogP contribution in [0.5, 0.6) is 0 Å². The normalized spacial score (nSPS) is 30.6. The highest BCUT2D eigenvalue weighted by atomic mass is 16.6. The summed E-state index contributed by atoms with van der Waals surface area (Å²) >= 11 is 0. The number of hydrogen-bond donors (Lipinski definition) is 1. The van der Waals surface area contributed by atoms with Gasteiger partial charge >= 0.3 is 5.97 Å². The maximum absolute atomic E-state index is 12.0. The Labute approximate surface area is 153 Å². The highest BCUT2D eigenvalue weighted by Gasteiger charge is 2.44. The summed E-state index contributed by atoms with van der Waals surface area (Å²) in [5.41, 5.74) is 4.06. The van der Waals surface area contributed by atoms with E-state index in [0.29, 0.717) is 23.6 Å². The van der Waals surface area contributed by atoms with E-state index in [1.807, 2.05) is 6.08 Å². The molecular weight excluding hydrogens is 328 g/mol. The largest absolute Gasteiger partial charge is 0.483 e. The third-order valence-electron chi connectivity index (χ3n) is 6.43. The molecule has 3 aliphatic rings. The Morgan fingerprint density at radius 2 is 2.19 bits per heavy atom. The molecule has 1 N–H and O–H groups in total. The molecule has 5 heteroatoms. The second-order valence-electron chi connectivity index (χ2n) is 7.73. The number of ether oxygens (including phenoxy) is 2. The van der Waals surface area contributed by atoms with Gasteiger partial charge in [-0.05, 0) is 43.4 Å². The van der Waals surface area contributed by atoms with Crippen LogP contribution in [-0.4, -0.2) is 42.2 Å². The molecule has 0 radical (unpaired) electrons. The molecule has 1 saturated heterocycles. The second-order valence-corrected chi connectivity index (χ2v) is 7.73. The van der Waals surface area contributed by atoms with E-state index in [-0.39, 0.29) is 12.1 Å². The van der Waals surface area contributed by atoms with Gasteiger partial charge in [-0.3, -0.25) is 4.90 Å². The first kappa shape index (κ1) is 15.9. The predicted molar refractivity (Wildman–Crippen MR) is 98.6 cm³/mol. The van der Waals surface area contributed by atoms with Gasteiger partial charge in [-0.2, -0.15) is 0 Å². The van der Waals surface area contributed by atoms with E-state index in [1.54, 1.807) is 0 Å². The highest BCUT2D eigenvalue weighted by molar-refractivity contribution is 5.86. The van der Waals surface area contributed by atoms with Crippen molar-refractivity contribution in [3.8, 4) is 0 Å². The zero-order valence-corrected chi connectivity index (χ0v) is 15.2. The fraction of sp³-hybridized carbons (Fsp3) is 0.476. The molecule has 4 unspecified atom stereocenters. The molecule has 4 atom stereocenters. The van der Waals surface area contributed by atoms with Gasteiger partial charge in [-0.15, -0.1) is 0 Å². The minimum absolute atomic E-state index is 0.0316. The summed E-state index contributed by atoms with van der Waals surface area (Å²) in [6, 6.07) is 8.97. The summed E-state index contributed by atoms with van der Waals surface area (Å²) in [6.07, 6.45) is 4.14. The Bertz CT molecular complexity index is 900. The van der Waals surface area contributed by atoms with Gasteiger partial charge < -0.3 is 14.5 Å². The number of aromatic nitrogens is 1. The average Bonchev–Trinajstić information content (AvgIpc) is 3.05. The van der Waals surface area contributed by atoms with Crippen LogP contribution in [-0.2, 0) is 20.7 Å². The highest BCUT2D eigenvalue weighted by Crippen LogP contribution is 2.46. The van der Waals surface area contributed by atoms with Crippen LogP contribution in [0.15, 0.2) is 36.1 Å². The number of rotatable bonds is 1. The third kappa shape index (κ3) is 2.30. The lowest BCUT2D eigenvalue weighted by Crippen LogP contribution is -2.50. The molecule has 3 aliphatic heterocycles. The summed E-state index contributed by atoms with van der Waals surface area (Å²) in [4.78, 5) is 18.2. The number of benzene rings is 1. The number of para-hydroxylation sites is 1. The van der Waals surface area contributed by atoms with Gasteiger partial charge in [0.25, 0.3) is 0 Å². The molecule has 4 heterocycles. The van der Waals surface area contributed by atoms with Crippen LogP contribution < -0.4 is 0 Å². The number of aromatic amines is 1. The number of allylic oxidation sites excluding steroid dienone is 1. The zero-order valence-electron chi connectivity index (χ0n) is 15.2. The first-order chi connectivity index (χ1) is 12.7. The molecule has 136 valence electrons. The van der Waals surface area contributed by atoms with Crippen LogP contribution in [0.1, 0.15) is 30.6 Å². The predicted octanol–water partition coefficient (Wildman–Crippen LogP) is 3.18. The van der Waals surface area contributed by atoms with Gasteiger partial charge in [0.05, 0.1) is 13.2 Å². The van der Waals surface area contributed by atoms with Crippen molar-refractivity contribution < 1.29 is 14.3 Å². The van der Waals surface area contributed by atoms with Crippen LogP contribution >= 0.6 is 0 Å². The quantitative estimate of drug-likeness (QED) is 0.801. The number of piperidine rings is 1. The van der Waals surface area contributed by atoms with Gasteiger partial charge in [-0.1, -0.05) is 18.2 Å². The van der Waals surface area contributed by atoms with E-state index in [2.05, 4.69) is 41.1 Å². The van der Waals surface area contributed by atoms with Gasteiger partial charge in [0, 0.05) is 35.6 Å². The Balaban J connectivity index is 1.52. The molecule has 5 nitrogen and oxygen atoms in total. The molecule has 5 rings (SSSR count). The first-order valence-electron chi connectivity index (χ1n) is 9.46. The molecule has 1 fully saturated rings. The van der Waals surface area contributed by atoms with Crippen LogP contribution in [0.4, 0.5) is 0 Å². The molecule has 2 aromatic rings. The zero-order chi connectivity index (χ0) is 17.8. The second kappa shape index (κ2) is 5.88. The Morgan fingerprint density at radius 3 is 3.04 bits per heavy atom. The molecule has 26 heavy (non-hydrogen) atoms. The van der Waals surface area contributed by atoms with Crippen molar-refractivity contribution in [2.24, 2.45) is 11.8 Å². The minimum Gasteiger partial charge on any atom is -0.483 e. The Hall–Kier alpha value is -2.27. The van der Waals surface area contributed by atoms with E-state index in [1.165, 1.54) is 29.3 Å². The number of hydrogen-bond acceptors (Lipinski definition) is 4. The lowest BCUT2D eigenvalue weighted by atomic mass is 9.75. The smallest absolute Gasteiger partial charge is 0.372 e. The molecule has 0 saturated carbocycles. The molecule has 0 aliphatic carbocycles. The topological polar surface area (TPSA) is 54.6 Å². The lowest BCUT2D eigenvalue weighted by Gasteiger charge is -2.48. The van der Waals surface area contributed by atoms with Gasteiger partial charge in [0.1, 0.15) is 6.10 Å². The lowest BCUT2D eigenvalue weighted by molar-refractivity contribution is -0.143. The monoisotopic (exact) mass is 352 g/mol. The molecule has 0 bridgehead atoms.